The predicted octanol–water partition coefficient (Wildman–Crippen LogP) is 3.90. The molecular formula is C14H19BrO2. The van der Waals surface area contributed by atoms with E-state index < -0.39 is 0 Å². The van der Waals surface area contributed by atoms with Crippen molar-refractivity contribution in [3.8, 4) is 5.75 Å². The summed E-state index contributed by atoms with van der Waals surface area (Å²) >= 11 is 3.41. The van der Waals surface area contributed by atoms with Gasteiger partial charge >= 0.3 is 0 Å². The highest BCUT2D eigenvalue weighted by atomic mass is 79.9. The third-order valence-corrected chi connectivity index (χ3v) is 3.87. The monoisotopic (exact) mass is 298 g/mol. The fourth-order valence-electron chi connectivity index (χ4n) is 2.45. The summed E-state index contributed by atoms with van der Waals surface area (Å²) in [5, 5.41) is 9.32. The number of hydrogen-bond acceptors (Lipinski definition) is 2. The summed E-state index contributed by atoms with van der Waals surface area (Å²) in [6, 6.07) is 5.82. The summed E-state index contributed by atoms with van der Waals surface area (Å²) < 4.78 is 7.00. The van der Waals surface area contributed by atoms with E-state index in [1.54, 1.807) is 0 Å². The molecule has 1 fully saturated rings. The molecule has 2 atom stereocenters. The number of hydrogen-bond donors (Lipinski definition) is 1. The van der Waals surface area contributed by atoms with Crippen LogP contribution in [-0.4, -0.2) is 11.2 Å². The Balaban J connectivity index is 2.07. The van der Waals surface area contributed by atoms with Gasteiger partial charge in [0.1, 0.15) is 5.75 Å². The molecule has 3 heteroatoms. The molecular weight excluding hydrogens is 280 g/mol. The third kappa shape index (κ3) is 3.46. The quantitative estimate of drug-likeness (QED) is 0.917. The van der Waals surface area contributed by atoms with Crippen LogP contribution in [0.5, 0.6) is 5.75 Å². The second-order valence-corrected chi connectivity index (χ2v) is 5.84. The zero-order chi connectivity index (χ0) is 12.3. The standard InChI is InChI=1S/C14H19BrO2/c1-10-3-2-4-13(7-10)17-14-6-5-12(15)8-11(14)9-16/h5-6,8,10,13,16H,2-4,7,9H2,1H3. The van der Waals surface area contributed by atoms with Gasteiger partial charge in [0.15, 0.2) is 0 Å². The van der Waals surface area contributed by atoms with Gasteiger partial charge in [0, 0.05) is 10.0 Å². The lowest BCUT2D eigenvalue weighted by Crippen LogP contribution is -2.24. The van der Waals surface area contributed by atoms with Crippen LogP contribution in [-0.2, 0) is 6.61 Å². The Hall–Kier alpha value is -0.540. The van der Waals surface area contributed by atoms with Gasteiger partial charge in [0.05, 0.1) is 12.7 Å². The Labute approximate surface area is 111 Å². The topological polar surface area (TPSA) is 29.5 Å². The molecule has 0 aromatic heterocycles. The second kappa shape index (κ2) is 5.87. The van der Waals surface area contributed by atoms with Crippen molar-refractivity contribution in [1.82, 2.24) is 0 Å². The molecule has 0 amide bonds. The van der Waals surface area contributed by atoms with Crippen molar-refractivity contribution in [2.24, 2.45) is 5.92 Å². The lowest BCUT2D eigenvalue weighted by atomic mass is 9.88. The van der Waals surface area contributed by atoms with Crippen molar-refractivity contribution in [1.29, 1.82) is 0 Å². The van der Waals surface area contributed by atoms with Crippen LogP contribution in [0.4, 0.5) is 0 Å². The van der Waals surface area contributed by atoms with Gasteiger partial charge in [-0.15, -0.1) is 0 Å². The summed E-state index contributed by atoms with van der Waals surface area (Å²) in [5.74, 6) is 1.58. The Morgan fingerprint density at radius 1 is 1.41 bits per heavy atom. The smallest absolute Gasteiger partial charge is 0.125 e. The van der Waals surface area contributed by atoms with Crippen molar-refractivity contribution < 1.29 is 9.84 Å². The first-order valence-corrected chi connectivity index (χ1v) is 7.04. The fraction of sp³-hybridized carbons (Fsp3) is 0.571. The van der Waals surface area contributed by atoms with Gasteiger partial charge in [-0.3, -0.25) is 0 Å². The first kappa shape index (κ1) is 12.9. The maximum Gasteiger partial charge on any atom is 0.125 e. The van der Waals surface area contributed by atoms with Crippen molar-refractivity contribution >= 4 is 15.9 Å². The molecule has 0 bridgehead atoms. The average molecular weight is 299 g/mol. The minimum Gasteiger partial charge on any atom is -0.490 e. The number of benzene rings is 1. The molecule has 0 heterocycles. The van der Waals surface area contributed by atoms with Crippen LogP contribution in [0.25, 0.3) is 0 Å². The highest BCUT2D eigenvalue weighted by molar-refractivity contribution is 9.10. The Morgan fingerprint density at radius 2 is 2.24 bits per heavy atom. The van der Waals surface area contributed by atoms with Crippen molar-refractivity contribution in [2.45, 2.75) is 45.3 Å². The van der Waals surface area contributed by atoms with Gasteiger partial charge in [0.2, 0.25) is 0 Å². The third-order valence-electron chi connectivity index (χ3n) is 3.37. The molecule has 1 aromatic carbocycles. The van der Waals surface area contributed by atoms with E-state index in [2.05, 4.69) is 22.9 Å². The molecule has 2 rings (SSSR count). The maximum atomic E-state index is 9.32. The summed E-state index contributed by atoms with van der Waals surface area (Å²) in [4.78, 5) is 0. The van der Waals surface area contributed by atoms with Crippen LogP contribution >= 0.6 is 15.9 Å². The Bertz CT molecular complexity index is 378. The average Bonchev–Trinajstić information content (AvgIpc) is 2.31. The molecule has 2 nitrogen and oxygen atoms in total. The Kier molecular flexibility index (Phi) is 4.46. The van der Waals surface area contributed by atoms with E-state index in [1.807, 2.05) is 18.2 Å². The molecule has 2 unspecified atom stereocenters. The summed E-state index contributed by atoms with van der Waals surface area (Å²) in [6.07, 6.45) is 5.13. The van der Waals surface area contributed by atoms with Crippen LogP contribution < -0.4 is 4.74 Å². The van der Waals surface area contributed by atoms with Gasteiger partial charge in [-0.25, -0.2) is 0 Å². The molecule has 0 spiro atoms. The van der Waals surface area contributed by atoms with E-state index in [4.69, 9.17) is 4.74 Å². The molecule has 1 aliphatic rings. The highest BCUT2D eigenvalue weighted by Gasteiger charge is 2.21. The minimum atomic E-state index is 0.0248. The number of halogens is 1. The van der Waals surface area contributed by atoms with Crippen molar-refractivity contribution in [3.63, 3.8) is 0 Å². The zero-order valence-electron chi connectivity index (χ0n) is 10.2. The van der Waals surface area contributed by atoms with Gasteiger partial charge in [-0.05, 0) is 43.4 Å². The summed E-state index contributed by atoms with van der Waals surface area (Å²) in [5.41, 5.74) is 0.859. The van der Waals surface area contributed by atoms with Gasteiger partial charge in [-0.2, -0.15) is 0 Å². The minimum absolute atomic E-state index is 0.0248. The van der Waals surface area contributed by atoms with E-state index in [-0.39, 0.29) is 6.61 Å². The van der Waals surface area contributed by atoms with E-state index in [0.717, 1.165) is 34.5 Å². The first-order valence-electron chi connectivity index (χ1n) is 6.25. The molecule has 1 aromatic rings. The number of rotatable bonds is 3. The Morgan fingerprint density at radius 3 is 2.94 bits per heavy atom. The van der Waals surface area contributed by atoms with Gasteiger partial charge in [0.25, 0.3) is 0 Å². The lowest BCUT2D eigenvalue weighted by Gasteiger charge is -2.28. The molecule has 0 aliphatic heterocycles. The molecule has 1 aliphatic carbocycles. The van der Waals surface area contributed by atoms with E-state index in [1.165, 1.54) is 12.8 Å². The van der Waals surface area contributed by atoms with Crippen LogP contribution in [0, 0.1) is 5.92 Å². The molecule has 1 saturated carbocycles. The summed E-state index contributed by atoms with van der Waals surface area (Å²) in [6.45, 7) is 2.31. The van der Waals surface area contributed by atoms with Crippen LogP contribution in [0.2, 0.25) is 0 Å². The fourth-order valence-corrected chi connectivity index (χ4v) is 2.86. The molecule has 0 radical (unpaired) electrons. The van der Waals surface area contributed by atoms with Crippen LogP contribution in [0.15, 0.2) is 22.7 Å². The number of aliphatic hydroxyl groups excluding tert-OH is 1. The molecule has 94 valence electrons. The van der Waals surface area contributed by atoms with E-state index in [9.17, 15) is 5.11 Å². The maximum absolute atomic E-state index is 9.32. The predicted molar refractivity (Wildman–Crippen MR) is 72.1 cm³/mol. The molecule has 0 saturated heterocycles. The normalized spacial score (nSPS) is 24.6. The highest BCUT2D eigenvalue weighted by Crippen LogP contribution is 2.30. The SMILES string of the molecule is CC1CCCC(Oc2ccc(Br)cc2CO)C1. The van der Waals surface area contributed by atoms with E-state index >= 15 is 0 Å². The van der Waals surface area contributed by atoms with Crippen LogP contribution in [0.1, 0.15) is 38.2 Å². The largest absolute Gasteiger partial charge is 0.490 e. The number of ether oxygens (including phenoxy) is 1. The molecule has 17 heavy (non-hydrogen) atoms. The van der Waals surface area contributed by atoms with Gasteiger partial charge < -0.3 is 9.84 Å². The molecule has 1 N–H and O–H groups in total. The van der Waals surface area contributed by atoms with Crippen molar-refractivity contribution in [3.05, 3.63) is 28.2 Å². The number of aliphatic hydroxyl groups is 1. The van der Waals surface area contributed by atoms with E-state index in [0.29, 0.717) is 6.10 Å². The summed E-state index contributed by atoms with van der Waals surface area (Å²) in [7, 11) is 0. The zero-order valence-corrected chi connectivity index (χ0v) is 11.7. The van der Waals surface area contributed by atoms with Gasteiger partial charge in [-0.1, -0.05) is 29.3 Å². The van der Waals surface area contributed by atoms with Crippen molar-refractivity contribution in [2.75, 3.05) is 0 Å². The first-order chi connectivity index (χ1) is 8.19. The van der Waals surface area contributed by atoms with Crippen LogP contribution in [0.3, 0.4) is 0 Å². The second-order valence-electron chi connectivity index (χ2n) is 4.92. The lowest BCUT2D eigenvalue weighted by molar-refractivity contribution is 0.125.